The van der Waals surface area contributed by atoms with E-state index in [9.17, 15) is 4.79 Å². The van der Waals surface area contributed by atoms with Gasteiger partial charge in [0.05, 0.1) is 13.2 Å². The SMILES string of the molecule is COc1ccccc1O[C@@H](C)C(=O)N[C@H](C)c1ccc(N2CCC[C@@H](C)C2)cc1. The van der Waals surface area contributed by atoms with Crippen LogP contribution in [0, 0.1) is 5.92 Å². The van der Waals surface area contributed by atoms with E-state index in [2.05, 4.69) is 41.4 Å². The summed E-state index contributed by atoms with van der Waals surface area (Å²) >= 11 is 0. The lowest BCUT2D eigenvalue weighted by molar-refractivity contribution is -0.127. The van der Waals surface area contributed by atoms with E-state index in [1.165, 1.54) is 18.5 Å². The van der Waals surface area contributed by atoms with Gasteiger partial charge in [0.25, 0.3) is 5.91 Å². The summed E-state index contributed by atoms with van der Waals surface area (Å²) < 4.78 is 11.1. The largest absolute Gasteiger partial charge is 0.493 e. The van der Waals surface area contributed by atoms with E-state index in [1.807, 2.05) is 25.1 Å². The van der Waals surface area contributed by atoms with Crippen molar-refractivity contribution in [3.8, 4) is 11.5 Å². The highest BCUT2D eigenvalue weighted by Gasteiger charge is 2.20. The number of piperidine rings is 1. The zero-order valence-electron chi connectivity index (χ0n) is 17.9. The molecule has 1 N–H and O–H groups in total. The molecule has 5 heteroatoms. The maximum Gasteiger partial charge on any atom is 0.261 e. The number of ether oxygens (including phenoxy) is 2. The Hall–Kier alpha value is -2.69. The van der Waals surface area contributed by atoms with Crippen molar-refractivity contribution in [3.05, 3.63) is 54.1 Å². The lowest BCUT2D eigenvalue weighted by Crippen LogP contribution is -2.37. The minimum atomic E-state index is -0.622. The van der Waals surface area contributed by atoms with Crippen molar-refractivity contribution in [2.75, 3.05) is 25.1 Å². The zero-order valence-corrected chi connectivity index (χ0v) is 17.9. The maximum atomic E-state index is 12.6. The maximum absolute atomic E-state index is 12.6. The van der Waals surface area contributed by atoms with E-state index in [4.69, 9.17) is 9.47 Å². The normalized spacial score (nSPS) is 18.6. The summed E-state index contributed by atoms with van der Waals surface area (Å²) in [6.07, 6.45) is 1.94. The second-order valence-corrected chi connectivity index (χ2v) is 7.93. The Kier molecular flexibility index (Phi) is 7.02. The number of methoxy groups -OCH3 is 1. The summed E-state index contributed by atoms with van der Waals surface area (Å²) in [4.78, 5) is 15.0. The topological polar surface area (TPSA) is 50.8 Å². The number of hydrogen-bond acceptors (Lipinski definition) is 4. The molecule has 0 unspecified atom stereocenters. The molecule has 3 rings (SSSR count). The van der Waals surface area contributed by atoms with E-state index < -0.39 is 6.10 Å². The van der Waals surface area contributed by atoms with Crippen LogP contribution in [-0.4, -0.2) is 32.2 Å². The number of hydrogen-bond donors (Lipinski definition) is 1. The van der Waals surface area contributed by atoms with Crippen molar-refractivity contribution in [2.24, 2.45) is 5.92 Å². The van der Waals surface area contributed by atoms with Gasteiger partial charge in [-0.25, -0.2) is 0 Å². The third kappa shape index (κ3) is 5.43. The molecule has 0 aromatic heterocycles. The van der Waals surface area contributed by atoms with Crippen molar-refractivity contribution in [1.82, 2.24) is 5.32 Å². The molecular weight excluding hydrogens is 364 g/mol. The molecule has 156 valence electrons. The summed E-state index contributed by atoms with van der Waals surface area (Å²) in [5.74, 6) is 1.76. The molecule has 1 saturated heterocycles. The number of rotatable bonds is 7. The Morgan fingerprint density at radius 1 is 1.10 bits per heavy atom. The number of para-hydroxylation sites is 2. The van der Waals surface area contributed by atoms with Crippen LogP contribution >= 0.6 is 0 Å². The highest BCUT2D eigenvalue weighted by atomic mass is 16.5. The van der Waals surface area contributed by atoms with Gasteiger partial charge in [-0.1, -0.05) is 31.2 Å². The van der Waals surface area contributed by atoms with Gasteiger partial charge in [-0.05, 0) is 62.4 Å². The van der Waals surface area contributed by atoms with Gasteiger partial charge < -0.3 is 19.7 Å². The summed E-state index contributed by atoms with van der Waals surface area (Å²) in [7, 11) is 1.59. The molecule has 0 aliphatic carbocycles. The fourth-order valence-corrected chi connectivity index (χ4v) is 3.77. The van der Waals surface area contributed by atoms with Crippen molar-refractivity contribution in [1.29, 1.82) is 0 Å². The molecule has 0 radical (unpaired) electrons. The van der Waals surface area contributed by atoms with Gasteiger partial charge in [0, 0.05) is 18.8 Å². The molecule has 1 aliphatic rings. The molecule has 1 aliphatic heterocycles. The minimum absolute atomic E-state index is 0.0967. The summed E-state index contributed by atoms with van der Waals surface area (Å²) in [6, 6.07) is 15.8. The third-order valence-corrected chi connectivity index (χ3v) is 5.52. The first-order chi connectivity index (χ1) is 14.0. The molecule has 0 saturated carbocycles. The highest BCUT2D eigenvalue weighted by molar-refractivity contribution is 5.81. The van der Waals surface area contributed by atoms with Crippen LogP contribution in [0.5, 0.6) is 11.5 Å². The van der Waals surface area contributed by atoms with Crippen molar-refractivity contribution in [2.45, 2.75) is 45.8 Å². The molecule has 3 atom stereocenters. The number of carbonyl (C=O) groups is 1. The monoisotopic (exact) mass is 396 g/mol. The van der Waals surface area contributed by atoms with E-state index in [1.54, 1.807) is 20.1 Å². The van der Waals surface area contributed by atoms with Gasteiger partial charge in [0.1, 0.15) is 0 Å². The number of nitrogens with one attached hydrogen (secondary N) is 1. The molecule has 1 fully saturated rings. The second kappa shape index (κ2) is 9.68. The van der Waals surface area contributed by atoms with E-state index in [-0.39, 0.29) is 11.9 Å². The van der Waals surface area contributed by atoms with Crippen LogP contribution in [0.1, 0.15) is 45.2 Å². The summed E-state index contributed by atoms with van der Waals surface area (Å²) in [5, 5.41) is 3.04. The fourth-order valence-electron chi connectivity index (χ4n) is 3.77. The second-order valence-electron chi connectivity index (χ2n) is 7.93. The van der Waals surface area contributed by atoms with Gasteiger partial charge in [0.15, 0.2) is 17.6 Å². The highest BCUT2D eigenvalue weighted by Crippen LogP contribution is 2.27. The van der Waals surface area contributed by atoms with Gasteiger partial charge in [0.2, 0.25) is 0 Å². The Morgan fingerprint density at radius 3 is 2.45 bits per heavy atom. The Balaban J connectivity index is 1.57. The first-order valence-electron chi connectivity index (χ1n) is 10.4. The molecule has 2 aromatic carbocycles. The van der Waals surface area contributed by atoms with Crippen LogP contribution in [-0.2, 0) is 4.79 Å². The summed E-state index contributed by atoms with van der Waals surface area (Å²) in [5.41, 5.74) is 2.34. The smallest absolute Gasteiger partial charge is 0.261 e. The van der Waals surface area contributed by atoms with Crippen molar-refractivity contribution < 1.29 is 14.3 Å². The van der Waals surface area contributed by atoms with Gasteiger partial charge >= 0.3 is 0 Å². The molecule has 5 nitrogen and oxygen atoms in total. The Labute approximate surface area is 174 Å². The lowest BCUT2D eigenvalue weighted by atomic mass is 9.99. The molecule has 2 aromatic rings. The van der Waals surface area contributed by atoms with E-state index in [0.717, 1.165) is 24.6 Å². The molecule has 1 heterocycles. The van der Waals surface area contributed by atoms with Gasteiger partial charge in [-0.2, -0.15) is 0 Å². The molecule has 29 heavy (non-hydrogen) atoms. The predicted molar refractivity (Wildman–Crippen MR) is 117 cm³/mol. The van der Waals surface area contributed by atoms with Crippen LogP contribution in [0.4, 0.5) is 5.69 Å². The van der Waals surface area contributed by atoms with E-state index in [0.29, 0.717) is 11.5 Å². The average molecular weight is 397 g/mol. The third-order valence-electron chi connectivity index (χ3n) is 5.52. The van der Waals surface area contributed by atoms with E-state index >= 15 is 0 Å². The first kappa shape index (κ1) is 21.0. The number of benzene rings is 2. The quantitative estimate of drug-likeness (QED) is 0.744. The summed E-state index contributed by atoms with van der Waals surface area (Å²) in [6.45, 7) is 8.28. The van der Waals surface area contributed by atoms with Crippen LogP contribution < -0.4 is 19.7 Å². The Morgan fingerprint density at radius 2 is 1.79 bits per heavy atom. The average Bonchev–Trinajstić information content (AvgIpc) is 2.74. The van der Waals surface area contributed by atoms with Gasteiger partial charge in [-0.3, -0.25) is 4.79 Å². The zero-order chi connectivity index (χ0) is 20.8. The minimum Gasteiger partial charge on any atom is -0.493 e. The van der Waals surface area contributed by atoms with Crippen molar-refractivity contribution in [3.63, 3.8) is 0 Å². The number of amides is 1. The molecule has 1 amide bonds. The molecule has 0 spiro atoms. The lowest BCUT2D eigenvalue weighted by Gasteiger charge is -2.33. The number of carbonyl (C=O) groups excluding carboxylic acids is 1. The van der Waals surface area contributed by atoms with Crippen LogP contribution in [0.2, 0.25) is 0 Å². The van der Waals surface area contributed by atoms with Crippen LogP contribution in [0.15, 0.2) is 48.5 Å². The van der Waals surface area contributed by atoms with Gasteiger partial charge in [-0.15, -0.1) is 0 Å². The van der Waals surface area contributed by atoms with Crippen molar-refractivity contribution >= 4 is 11.6 Å². The van der Waals surface area contributed by atoms with Crippen LogP contribution in [0.3, 0.4) is 0 Å². The number of nitrogens with zero attached hydrogens (tertiary/aromatic N) is 1. The number of anilines is 1. The standard InChI is InChI=1S/C24H32N2O3/c1-17-8-7-15-26(16-17)21-13-11-20(12-14-21)18(2)25-24(27)19(3)29-23-10-6-5-9-22(23)28-4/h5-6,9-14,17-19H,7-8,15-16H2,1-4H3,(H,25,27)/t17-,18-,19+/m1/s1. The molecule has 0 bridgehead atoms. The predicted octanol–water partition coefficient (Wildman–Crippen LogP) is 4.58. The fraction of sp³-hybridized carbons (Fsp3) is 0.458. The first-order valence-corrected chi connectivity index (χ1v) is 10.4. The van der Waals surface area contributed by atoms with Crippen LogP contribution in [0.25, 0.3) is 0 Å². The molecular formula is C24H32N2O3. The Bertz CT molecular complexity index is 806.